The Morgan fingerprint density at radius 2 is 2.05 bits per heavy atom. The number of rotatable bonds is 3. The third kappa shape index (κ3) is 2.28. The van der Waals surface area contributed by atoms with Gasteiger partial charge in [0.25, 0.3) is 0 Å². The lowest BCUT2D eigenvalue weighted by molar-refractivity contribution is -0.128. The van der Waals surface area contributed by atoms with E-state index in [0.717, 1.165) is 42.7 Å². The molecule has 0 amide bonds. The largest absolute Gasteiger partial charge is 0.458 e. The van der Waals surface area contributed by atoms with Crippen molar-refractivity contribution in [3.63, 3.8) is 0 Å². The van der Waals surface area contributed by atoms with Crippen LogP contribution in [0.4, 0.5) is 0 Å². The predicted octanol–water partition coefficient (Wildman–Crippen LogP) is 3.65. The third-order valence-electron chi connectivity index (χ3n) is 4.22. The lowest BCUT2D eigenvalue weighted by Gasteiger charge is -2.40. The second-order valence-corrected chi connectivity index (χ2v) is 5.31. The molecule has 1 aromatic heterocycles. The maximum Gasteiger partial charge on any atom is 0.135 e. The predicted molar refractivity (Wildman–Crippen MR) is 76.2 cm³/mol. The Balaban J connectivity index is 1.89. The molecule has 3 nitrogen and oxygen atoms in total. The van der Waals surface area contributed by atoms with Gasteiger partial charge in [0.15, 0.2) is 0 Å². The van der Waals surface area contributed by atoms with Crippen LogP contribution in [0.15, 0.2) is 34.7 Å². The smallest absolute Gasteiger partial charge is 0.135 e. The zero-order chi connectivity index (χ0) is 13.3. The average molecular weight is 259 g/mol. The number of para-hydroxylation sites is 1. The highest BCUT2D eigenvalue weighted by Gasteiger charge is 2.35. The van der Waals surface area contributed by atoms with Crippen LogP contribution in [-0.2, 0) is 4.74 Å². The molecule has 1 unspecified atom stereocenters. The number of ether oxygens (including phenoxy) is 1. The van der Waals surface area contributed by atoms with E-state index in [0.29, 0.717) is 0 Å². The summed E-state index contributed by atoms with van der Waals surface area (Å²) < 4.78 is 12.3. The van der Waals surface area contributed by atoms with Crippen LogP contribution in [-0.4, -0.2) is 18.7 Å². The molecular formula is C16H21NO2. The van der Waals surface area contributed by atoms with Crippen molar-refractivity contribution in [1.82, 2.24) is 5.32 Å². The van der Waals surface area contributed by atoms with Crippen LogP contribution in [0.2, 0.25) is 0 Å². The van der Waals surface area contributed by atoms with Crippen LogP contribution in [0, 0.1) is 0 Å². The van der Waals surface area contributed by atoms with Gasteiger partial charge >= 0.3 is 0 Å². The van der Waals surface area contributed by atoms with E-state index in [1.54, 1.807) is 0 Å². The van der Waals surface area contributed by atoms with E-state index in [1.165, 1.54) is 0 Å². The van der Waals surface area contributed by atoms with Crippen molar-refractivity contribution in [3.05, 3.63) is 36.1 Å². The summed E-state index contributed by atoms with van der Waals surface area (Å²) in [7, 11) is 0. The summed E-state index contributed by atoms with van der Waals surface area (Å²) in [4.78, 5) is 0. The van der Waals surface area contributed by atoms with Crippen molar-refractivity contribution in [2.24, 2.45) is 0 Å². The monoisotopic (exact) mass is 259 g/mol. The molecule has 19 heavy (non-hydrogen) atoms. The molecule has 102 valence electrons. The summed E-state index contributed by atoms with van der Waals surface area (Å²) in [5, 5.41) is 4.63. The maximum absolute atomic E-state index is 6.33. The molecule has 1 saturated heterocycles. The Labute approximate surface area is 113 Å². The summed E-state index contributed by atoms with van der Waals surface area (Å²) in [6.45, 7) is 6.12. The minimum atomic E-state index is -0.0537. The van der Waals surface area contributed by atoms with E-state index < -0.39 is 0 Å². The summed E-state index contributed by atoms with van der Waals surface area (Å²) in [6.07, 6.45) is 2.06. The summed E-state index contributed by atoms with van der Waals surface area (Å²) in [5.41, 5.74) is 0.882. The number of fused-ring (bicyclic) bond motifs is 1. The minimum absolute atomic E-state index is 0.0149. The van der Waals surface area contributed by atoms with E-state index >= 15 is 0 Å². The standard InChI is InChI=1S/C16H21NO2/c1-3-16(4-2)11-17-10-15(19-16)14-9-12-7-5-6-8-13(12)18-14/h5-9,15,17H,3-4,10-11H2,1-2H3. The zero-order valence-corrected chi connectivity index (χ0v) is 11.6. The first-order chi connectivity index (χ1) is 9.26. The van der Waals surface area contributed by atoms with Crippen LogP contribution in [0.5, 0.6) is 0 Å². The maximum atomic E-state index is 6.33. The van der Waals surface area contributed by atoms with Crippen molar-refractivity contribution < 1.29 is 9.15 Å². The van der Waals surface area contributed by atoms with E-state index in [1.807, 2.05) is 18.2 Å². The summed E-state index contributed by atoms with van der Waals surface area (Å²) in [5.74, 6) is 0.930. The molecule has 1 atom stereocenters. The van der Waals surface area contributed by atoms with Crippen molar-refractivity contribution in [1.29, 1.82) is 0 Å². The van der Waals surface area contributed by atoms with Gasteiger partial charge in [-0.15, -0.1) is 0 Å². The molecule has 1 fully saturated rings. The van der Waals surface area contributed by atoms with E-state index in [-0.39, 0.29) is 11.7 Å². The Kier molecular flexibility index (Phi) is 3.33. The Bertz CT molecular complexity index is 524. The molecule has 2 heterocycles. The van der Waals surface area contributed by atoms with Gasteiger partial charge < -0.3 is 14.5 Å². The topological polar surface area (TPSA) is 34.4 Å². The van der Waals surface area contributed by atoms with Crippen LogP contribution < -0.4 is 5.32 Å². The fourth-order valence-corrected chi connectivity index (χ4v) is 2.80. The number of benzene rings is 1. The fraction of sp³-hybridized carbons (Fsp3) is 0.500. The zero-order valence-electron chi connectivity index (χ0n) is 11.6. The molecule has 0 saturated carbocycles. The Morgan fingerprint density at radius 3 is 2.79 bits per heavy atom. The molecule has 0 bridgehead atoms. The first-order valence-corrected chi connectivity index (χ1v) is 7.13. The van der Waals surface area contributed by atoms with Gasteiger partial charge in [-0.25, -0.2) is 0 Å². The van der Waals surface area contributed by atoms with Gasteiger partial charge in [-0.1, -0.05) is 32.0 Å². The minimum Gasteiger partial charge on any atom is -0.458 e. The molecule has 1 aliphatic rings. The normalized spacial score (nSPS) is 22.7. The molecule has 0 aliphatic carbocycles. The first kappa shape index (κ1) is 12.7. The van der Waals surface area contributed by atoms with Crippen molar-refractivity contribution in [2.75, 3.05) is 13.1 Å². The molecule has 1 N–H and O–H groups in total. The summed E-state index contributed by atoms with van der Waals surface area (Å²) in [6, 6.07) is 10.2. The highest BCUT2D eigenvalue weighted by atomic mass is 16.5. The Hall–Kier alpha value is -1.32. The number of hydrogen-bond donors (Lipinski definition) is 1. The molecule has 0 spiro atoms. The van der Waals surface area contributed by atoms with Gasteiger partial charge in [0.05, 0.1) is 5.60 Å². The number of hydrogen-bond acceptors (Lipinski definition) is 3. The van der Waals surface area contributed by atoms with Crippen molar-refractivity contribution in [2.45, 2.75) is 38.4 Å². The average Bonchev–Trinajstić information content (AvgIpc) is 2.91. The Morgan fingerprint density at radius 1 is 1.26 bits per heavy atom. The molecule has 1 aromatic carbocycles. The van der Waals surface area contributed by atoms with Gasteiger partial charge in [0, 0.05) is 18.5 Å². The highest BCUT2D eigenvalue weighted by molar-refractivity contribution is 5.77. The van der Waals surface area contributed by atoms with E-state index in [4.69, 9.17) is 9.15 Å². The van der Waals surface area contributed by atoms with Gasteiger partial charge in [-0.3, -0.25) is 0 Å². The SMILES string of the molecule is CCC1(CC)CNCC(c2cc3ccccc3o2)O1. The molecule has 1 aliphatic heterocycles. The second-order valence-electron chi connectivity index (χ2n) is 5.31. The number of nitrogens with one attached hydrogen (secondary N) is 1. The van der Waals surface area contributed by atoms with Crippen LogP contribution >= 0.6 is 0 Å². The quantitative estimate of drug-likeness (QED) is 0.913. The van der Waals surface area contributed by atoms with Gasteiger partial charge in [0.2, 0.25) is 0 Å². The first-order valence-electron chi connectivity index (χ1n) is 7.13. The van der Waals surface area contributed by atoms with Gasteiger partial charge in [-0.05, 0) is 25.0 Å². The molecule has 3 heteroatoms. The second kappa shape index (κ2) is 4.99. The fourth-order valence-electron chi connectivity index (χ4n) is 2.80. The third-order valence-corrected chi connectivity index (χ3v) is 4.22. The van der Waals surface area contributed by atoms with Crippen molar-refractivity contribution in [3.8, 4) is 0 Å². The highest BCUT2D eigenvalue weighted by Crippen LogP contribution is 2.34. The number of morpholine rings is 1. The molecule has 0 radical (unpaired) electrons. The van der Waals surface area contributed by atoms with Gasteiger partial charge in [0.1, 0.15) is 17.4 Å². The van der Waals surface area contributed by atoms with E-state index in [2.05, 4.69) is 31.3 Å². The van der Waals surface area contributed by atoms with Crippen LogP contribution in [0.25, 0.3) is 11.0 Å². The summed E-state index contributed by atoms with van der Waals surface area (Å²) >= 11 is 0. The van der Waals surface area contributed by atoms with Crippen LogP contribution in [0.3, 0.4) is 0 Å². The van der Waals surface area contributed by atoms with Crippen LogP contribution in [0.1, 0.15) is 38.6 Å². The number of furan rings is 1. The lowest BCUT2D eigenvalue weighted by Crippen LogP contribution is -2.50. The van der Waals surface area contributed by atoms with Gasteiger partial charge in [-0.2, -0.15) is 0 Å². The van der Waals surface area contributed by atoms with E-state index in [9.17, 15) is 0 Å². The molecule has 2 aromatic rings. The lowest BCUT2D eigenvalue weighted by atomic mass is 9.94. The molecular weight excluding hydrogens is 238 g/mol. The molecule has 3 rings (SSSR count). The van der Waals surface area contributed by atoms with Crippen molar-refractivity contribution >= 4 is 11.0 Å².